The van der Waals surface area contributed by atoms with E-state index in [9.17, 15) is 14.4 Å². The van der Waals surface area contributed by atoms with Crippen LogP contribution in [-0.2, 0) is 0 Å². The normalized spacial score (nSPS) is 10.8. The van der Waals surface area contributed by atoms with Gasteiger partial charge in [-0.2, -0.15) is 10.2 Å². The van der Waals surface area contributed by atoms with Crippen LogP contribution in [-0.4, -0.2) is 58.2 Å². The first kappa shape index (κ1) is 24.4. The van der Waals surface area contributed by atoms with Crippen molar-refractivity contribution in [3.05, 3.63) is 71.6 Å². The maximum Gasteiger partial charge on any atom is 0.258 e. The second-order valence-electron chi connectivity index (χ2n) is 8.05. The highest BCUT2D eigenvalue weighted by Crippen LogP contribution is 2.26. The highest BCUT2D eigenvalue weighted by atomic mass is 19.1. The molecule has 0 aliphatic rings. The molecule has 0 spiro atoms. The van der Waals surface area contributed by atoms with E-state index in [0.717, 1.165) is 0 Å². The number of hydrogen-bond acceptors (Lipinski definition) is 9. The number of carbonyl (C=O) groups is 1. The first-order chi connectivity index (χ1) is 17.3. The predicted molar refractivity (Wildman–Crippen MR) is 129 cm³/mol. The molecule has 0 saturated carbocycles. The molecule has 4 rings (SSSR count). The number of nitrogens with one attached hydrogen (secondary N) is 1. The molecular weight excluding hydrogens is 465 g/mol. The van der Waals surface area contributed by atoms with Gasteiger partial charge in [0.15, 0.2) is 0 Å². The summed E-state index contributed by atoms with van der Waals surface area (Å²) in [5, 5.41) is 15.7. The van der Waals surface area contributed by atoms with Crippen LogP contribution in [0.15, 0.2) is 53.3 Å². The minimum absolute atomic E-state index is 0.223. The lowest BCUT2D eigenvalue weighted by Gasteiger charge is -2.13. The highest BCUT2D eigenvalue weighted by Gasteiger charge is 2.14. The quantitative estimate of drug-likeness (QED) is 0.395. The summed E-state index contributed by atoms with van der Waals surface area (Å²) >= 11 is 0. The van der Waals surface area contributed by atoms with Crippen LogP contribution in [0.3, 0.4) is 0 Å². The molecule has 0 unspecified atom stereocenters. The fourth-order valence-corrected chi connectivity index (χ4v) is 3.20. The standard InChI is InChI=1S/C25H22FN7O3/c1-15-30-24(32-36-15)16-4-6-19(20(26)10-16)21-7-5-17(13-28-21)25(34)31-23-11-22(18(12-27)14-29-23)35-9-8-33(2)3/h4-7,10-11,13-14H,8-9H2,1-3H3,(H,29,31,34). The number of ether oxygens (including phenoxy) is 1. The van der Waals surface area contributed by atoms with Crippen LogP contribution in [0.1, 0.15) is 21.8 Å². The largest absolute Gasteiger partial charge is 0.491 e. The van der Waals surface area contributed by atoms with E-state index in [2.05, 4.69) is 25.4 Å². The molecule has 0 aliphatic carbocycles. The number of amides is 1. The predicted octanol–water partition coefficient (Wildman–Crippen LogP) is 3.71. The minimum Gasteiger partial charge on any atom is -0.491 e. The van der Waals surface area contributed by atoms with E-state index in [-0.39, 0.29) is 22.5 Å². The summed E-state index contributed by atoms with van der Waals surface area (Å²) < 4.78 is 25.4. The fourth-order valence-electron chi connectivity index (χ4n) is 3.20. The van der Waals surface area contributed by atoms with Gasteiger partial charge in [0, 0.05) is 36.9 Å². The molecule has 0 saturated heterocycles. The molecule has 0 fully saturated rings. The third kappa shape index (κ3) is 5.68. The molecule has 11 heteroatoms. The van der Waals surface area contributed by atoms with E-state index >= 15 is 0 Å². The molecule has 36 heavy (non-hydrogen) atoms. The number of carbonyl (C=O) groups excluding carboxylic acids is 1. The average molecular weight is 487 g/mol. The lowest BCUT2D eigenvalue weighted by atomic mass is 10.1. The SMILES string of the molecule is Cc1nc(-c2ccc(-c3ccc(C(=O)Nc4cc(OCCN(C)C)c(C#N)cn4)cn3)c(F)c2)no1. The topological polar surface area (TPSA) is 130 Å². The number of hydrogen-bond donors (Lipinski definition) is 1. The van der Waals surface area contributed by atoms with Crippen molar-refractivity contribution in [2.45, 2.75) is 6.92 Å². The van der Waals surface area contributed by atoms with Gasteiger partial charge in [-0.05, 0) is 38.4 Å². The van der Waals surface area contributed by atoms with Crippen LogP contribution in [0, 0.1) is 24.1 Å². The number of halogens is 1. The molecule has 0 bridgehead atoms. The zero-order valence-electron chi connectivity index (χ0n) is 19.8. The van der Waals surface area contributed by atoms with Crippen molar-refractivity contribution in [2.24, 2.45) is 0 Å². The van der Waals surface area contributed by atoms with E-state index in [0.29, 0.717) is 41.9 Å². The van der Waals surface area contributed by atoms with Crippen LogP contribution >= 0.6 is 0 Å². The lowest BCUT2D eigenvalue weighted by Crippen LogP contribution is -2.20. The van der Waals surface area contributed by atoms with Crippen LogP contribution in [0.2, 0.25) is 0 Å². The van der Waals surface area contributed by atoms with Crippen LogP contribution < -0.4 is 10.1 Å². The molecule has 0 atom stereocenters. The smallest absolute Gasteiger partial charge is 0.258 e. The van der Waals surface area contributed by atoms with E-state index in [4.69, 9.17) is 9.26 Å². The molecule has 1 aromatic carbocycles. The second kappa shape index (κ2) is 10.7. The molecule has 10 nitrogen and oxygen atoms in total. The summed E-state index contributed by atoms with van der Waals surface area (Å²) in [7, 11) is 3.82. The average Bonchev–Trinajstić information content (AvgIpc) is 3.30. The number of anilines is 1. The molecule has 0 radical (unpaired) electrons. The van der Waals surface area contributed by atoms with E-state index in [1.54, 1.807) is 25.1 Å². The van der Waals surface area contributed by atoms with Gasteiger partial charge in [-0.25, -0.2) is 9.37 Å². The number of aryl methyl sites for hydroxylation is 1. The zero-order valence-corrected chi connectivity index (χ0v) is 19.8. The van der Waals surface area contributed by atoms with Gasteiger partial charge >= 0.3 is 0 Å². The van der Waals surface area contributed by atoms with Crippen LogP contribution in [0.4, 0.5) is 10.2 Å². The Hall–Kier alpha value is -4.69. The fraction of sp³-hybridized carbons (Fsp3) is 0.200. The van der Waals surface area contributed by atoms with E-state index in [1.807, 2.05) is 25.1 Å². The highest BCUT2D eigenvalue weighted by molar-refractivity contribution is 6.03. The van der Waals surface area contributed by atoms with Crippen molar-refractivity contribution < 1.29 is 18.4 Å². The van der Waals surface area contributed by atoms with Crippen molar-refractivity contribution in [1.29, 1.82) is 5.26 Å². The molecule has 0 aliphatic heterocycles. The third-order valence-corrected chi connectivity index (χ3v) is 5.08. The third-order valence-electron chi connectivity index (χ3n) is 5.08. The molecule has 3 heterocycles. The molecular formula is C25H22FN7O3. The summed E-state index contributed by atoms with van der Waals surface area (Å²) in [6.45, 7) is 2.68. The van der Waals surface area contributed by atoms with Gasteiger partial charge in [0.2, 0.25) is 11.7 Å². The Balaban J connectivity index is 1.46. The van der Waals surface area contributed by atoms with Gasteiger partial charge < -0.3 is 19.5 Å². The second-order valence-corrected chi connectivity index (χ2v) is 8.05. The van der Waals surface area contributed by atoms with Crippen molar-refractivity contribution in [3.63, 3.8) is 0 Å². The number of rotatable bonds is 8. The number of likely N-dealkylation sites (N-methyl/N-ethyl adjacent to an activating group) is 1. The molecule has 1 N–H and O–H groups in total. The van der Waals surface area contributed by atoms with Gasteiger partial charge in [0.25, 0.3) is 5.91 Å². The van der Waals surface area contributed by atoms with Gasteiger partial charge in [0.1, 0.15) is 35.6 Å². The summed E-state index contributed by atoms with van der Waals surface area (Å²) in [4.78, 5) is 27.1. The zero-order chi connectivity index (χ0) is 25.7. The van der Waals surface area contributed by atoms with Crippen LogP contribution in [0.5, 0.6) is 5.75 Å². The Morgan fingerprint density at radius 2 is 2.03 bits per heavy atom. The van der Waals surface area contributed by atoms with Gasteiger partial charge in [-0.15, -0.1) is 0 Å². The number of nitriles is 1. The Morgan fingerprint density at radius 1 is 1.19 bits per heavy atom. The van der Waals surface area contributed by atoms with E-state index < -0.39 is 11.7 Å². The number of pyridine rings is 2. The summed E-state index contributed by atoms with van der Waals surface area (Å²) in [6.07, 6.45) is 2.68. The van der Waals surface area contributed by atoms with Crippen molar-refractivity contribution in [1.82, 2.24) is 25.0 Å². The summed E-state index contributed by atoms with van der Waals surface area (Å²) in [5.41, 5.74) is 1.61. The molecule has 182 valence electrons. The van der Waals surface area contributed by atoms with Gasteiger partial charge in [-0.3, -0.25) is 9.78 Å². The van der Waals surface area contributed by atoms with Gasteiger partial charge in [0.05, 0.1) is 17.5 Å². The first-order valence-corrected chi connectivity index (χ1v) is 10.9. The first-order valence-electron chi connectivity index (χ1n) is 10.9. The van der Waals surface area contributed by atoms with Crippen molar-refractivity contribution >= 4 is 11.7 Å². The monoisotopic (exact) mass is 487 g/mol. The summed E-state index contributed by atoms with van der Waals surface area (Å²) in [5.74, 6) is 0.251. The van der Waals surface area contributed by atoms with Crippen LogP contribution in [0.25, 0.3) is 22.6 Å². The number of benzene rings is 1. The minimum atomic E-state index is -0.511. The molecule has 3 aromatic heterocycles. The molecule has 1 amide bonds. The lowest BCUT2D eigenvalue weighted by molar-refractivity contribution is 0.102. The number of aromatic nitrogens is 4. The summed E-state index contributed by atoms with van der Waals surface area (Å²) in [6, 6.07) is 11.1. The van der Waals surface area contributed by atoms with Crippen molar-refractivity contribution in [3.8, 4) is 34.5 Å². The Kier molecular flexibility index (Phi) is 7.27. The Bertz CT molecular complexity index is 1430. The van der Waals surface area contributed by atoms with Crippen molar-refractivity contribution in [2.75, 3.05) is 32.6 Å². The maximum absolute atomic E-state index is 14.8. The van der Waals surface area contributed by atoms with E-state index in [1.165, 1.54) is 30.6 Å². The Morgan fingerprint density at radius 3 is 2.67 bits per heavy atom. The maximum atomic E-state index is 14.8. The van der Waals surface area contributed by atoms with Gasteiger partial charge in [-0.1, -0.05) is 11.2 Å². The molecule has 4 aromatic rings. The Labute approximate surface area is 206 Å². The number of nitrogens with zero attached hydrogens (tertiary/aromatic N) is 6.